The number of likely N-dealkylation sites (tertiary alicyclic amines) is 1. The molecule has 0 bridgehead atoms. The van der Waals surface area contributed by atoms with Gasteiger partial charge in [0.15, 0.2) is 9.84 Å². The molecule has 0 aliphatic carbocycles. The molecule has 114 valence electrons. The van der Waals surface area contributed by atoms with E-state index in [0.29, 0.717) is 6.42 Å². The van der Waals surface area contributed by atoms with Crippen LogP contribution >= 0.6 is 0 Å². The Balaban J connectivity index is 1.99. The number of rotatable bonds is 3. The van der Waals surface area contributed by atoms with E-state index in [4.69, 9.17) is 9.84 Å². The Labute approximate surface area is 117 Å². The topological polar surface area (TPSA) is 113 Å². The molecule has 20 heavy (non-hydrogen) atoms. The minimum Gasteiger partial charge on any atom is -0.480 e. The van der Waals surface area contributed by atoms with E-state index in [1.165, 1.54) is 12.0 Å². The van der Waals surface area contributed by atoms with Gasteiger partial charge in [-0.1, -0.05) is 0 Å². The number of nitrogens with one attached hydrogen (secondary N) is 1. The van der Waals surface area contributed by atoms with Crippen LogP contribution in [0.5, 0.6) is 0 Å². The number of carboxylic acids is 1. The van der Waals surface area contributed by atoms with Crippen molar-refractivity contribution in [3.8, 4) is 0 Å². The largest absolute Gasteiger partial charge is 0.480 e. The molecule has 3 atom stereocenters. The van der Waals surface area contributed by atoms with E-state index in [2.05, 4.69) is 5.32 Å². The van der Waals surface area contributed by atoms with Gasteiger partial charge in [-0.2, -0.15) is 0 Å². The molecule has 0 saturated carbocycles. The SMILES string of the molecule is COC1CC(C(=O)O)N(C(=O)NC2CCS(=O)(=O)C2)C1. The van der Waals surface area contributed by atoms with Gasteiger partial charge in [-0.15, -0.1) is 0 Å². The van der Waals surface area contributed by atoms with Crippen LogP contribution in [0.4, 0.5) is 4.79 Å². The van der Waals surface area contributed by atoms with E-state index >= 15 is 0 Å². The van der Waals surface area contributed by atoms with E-state index in [0.717, 1.165) is 0 Å². The number of ether oxygens (including phenoxy) is 1. The van der Waals surface area contributed by atoms with Crippen LogP contribution < -0.4 is 5.32 Å². The highest BCUT2D eigenvalue weighted by Crippen LogP contribution is 2.21. The number of aliphatic carboxylic acids is 1. The normalized spacial score (nSPS) is 32.2. The smallest absolute Gasteiger partial charge is 0.326 e. The Morgan fingerprint density at radius 3 is 2.60 bits per heavy atom. The van der Waals surface area contributed by atoms with E-state index in [9.17, 15) is 18.0 Å². The molecule has 2 aliphatic heterocycles. The van der Waals surface area contributed by atoms with E-state index < -0.39 is 33.9 Å². The molecule has 2 heterocycles. The van der Waals surface area contributed by atoms with E-state index in [1.54, 1.807) is 0 Å². The Morgan fingerprint density at radius 1 is 1.40 bits per heavy atom. The number of carbonyl (C=O) groups is 2. The number of nitrogens with zero attached hydrogens (tertiary/aromatic N) is 1. The van der Waals surface area contributed by atoms with Crippen molar-refractivity contribution < 1.29 is 27.9 Å². The lowest BCUT2D eigenvalue weighted by atomic mass is 10.2. The van der Waals surface area contributed by atoms with Gasteiger partial charge in [0.25, 0.3) is 0 Å². The second-order valence-electron chi connectivity index (χ2n) is 5.15. The van der Waals surface area contributed by atoms with Crippen molar-refractivity contribution in [2.75, 3.05) is 25.2 Å². The monoisotopic (exact) mass is 306 g/mol. The summed E-state index contributed by atoms with van der Waals surface area (Å²) >= 11 is 0. The molecule has 2 aliphatic rings. The maximum absolute atomic E-state index is 12.1. The van der Waals surface area contributed by atoms with Crippen molar-refractivity contribution in [1.82, 2.24) is 10.2 Å². The van der Waals surface area contributed by atoms with Crippen LogP contribution in [-0.4, -0.2) is 73.8 Å². The van der Waals surface area contributed by atoms with E-state index in [1.807, 2.05) is 0 Å². The van der Waals surface area contributed by atoms with Crippen LogP contribution in [0.1, 0.15) is 12.8 Å². The molecule has 0 aromatic heterocycles. The van der Waals surface area contributed by atoms with Crippen LogP contribution in [0.3, 0.4) is 0 Å². The minimum absolute atomic E-state index is 0.0565. The number of sulfone groups is 1. The van der Waals surface area contributed by atoms with Crippen LogP contribution in [-0.2, 0) is 19.4 Å². The zero-order chi connectivity index (χ0) is 14.9. The van der Waals surface area contributed by atoms with Crippen LogP contribution in [0.25, 0.3) is 0 Å². The van der Waals surface area contributed by atoms with Crippen molar-refractivity contribution in [2.45, 2.75) is 31.0 Å². The second kappa shape index (κ2) is 5.57. The predicted octanol–water partition coefficient (Wildman–Crippen LogP) is -0.943. The maximum atomic E-state index is 12.1. The number of carboxylic acid groups (broad SMARTS) is 1. The van der Waals surface area contributed by atoms with E-state index in [-0.39, 0.29) is 30.6 Å². The lowest BCUT2D eigenvalue weighted by Gasteiger charge is -2.23. The number of urea groups is 1. The molecular formula is C11H18N2O6S. The molecule has 2 amide bonds. The predicted molar refractivity (Wildman–Crippen MR) is 69.1 cm³/mol. The summed E-state index contributed by atoms with van der Waals surface area (Å²) in [5.41, 5.74) is 0. The van der Waals surface area contributed by atoms with Gasteiger partial charge >= 0.3 is 12.0 Å². The fourth-order valence-electron chi connectivity index (χ4n) is 2.59. The number of carbonyl (C=O) groups excluding carboxylic acids is 1. The Kier molecular flexibility index (Phi) is 4.19. The summed E-state index contributed by atoms with van der Waals surface area (Å²) in [5, 5.41) is 11.7. The average molecular weight is 306 g/mol. The van der Waals surface area contributed by atoms with Gasteiger partial charge in [0.1, 0.15) is 6.04 Å². The first-order valence-corrected chi connectivity index (χ1v) is 8.17. The van der Waals surface area contributed by atoms with Crippen molar-refractivity contribution in [3.63, 3.8) is 0 Å². The summed E-state index contributed by atoms with van der Waals surface area (Å²) in [6.45, 7) is 0.193. The number of amides is 2. The first kappa shape index (κ1) is 15.0. The van der Waals surface area contributed by atoms with Crippen LogP contribution in [0.15, 0.2) is 0 Å². The first-order chi connectivity index (χ1) is 9.32. The summed E-state index contributed by atoms with van der Waals surface area (Å²) < 4.78 is 27.8. The zero-order valence-corrected chi connectivity index (χ0v) is 11.9. The van der Waals surface area contributed by atoms with Gasteiger partial charge in [-0.05, 0) is 6.42 Å². The molecule has 0 radical (unpaired) electrons. The molecule has 8 nitrogen and oxygen atoms in total. The van der Waals surface area contributed by atoms with Crippen molar-refractivity contribution in [3.05, 3.63) is 0 Å². The molecule has 2 N–H and O–H groups in total. The third-order valence-corrected chi connectivity index (χ3v) is 5.47. The summed E-state index contributed by atoms with van der Waals surface area (Å²) in [5.74, 6) is -1.11. The first-order valence-electron chi connectivity index (χ1n) is 6.35. The van der Waals surface area contributed by atoms with Gasteiger partial charge in [0.05, 0.1) is 17.6 Å². The summed E-state index contributed by atoms with van der Waals surface area (Å²) in [4.78, 5) is 24.4. The second-order valence-corrected chi connectivity index (χ2v) is 7.38. The van der Waals surface area contributed by atoms with Gasteiger partial charge in [0, 0.05) is 26.1 Å². The van der Waals surface area contributed by atoms with Crippen molar-refractivity contribution in [1.29, 1.82) is 0 Å². The minimum atomic E-state index is -3.08. The Bertz CT molecular complexity index is 505. The van der Waals surface area contributed by atoms with Gasteiger partial charge in [0.2, 0.25) is 0 Å². The molecule has 2 saturated heterocycles. The lowest BCUT2D eigenvalue weighted by Crippen LogP contribution is -2.49. The standard InChI is InChI=1S/C11H18N2O6S/c1-19-8-4-9(10(14)15)13(5-8)11(16)12-7-2-3-20(17,18)6-7/h7-9H,2-6H2,1H3,(H,12,16)(H,14,15). The third-order valence-electron chi connectivity index (χ3n) is 3.70. The highest BCUT2D eigenvalue weighted by molar-refractivity contribution is 7.91. The van der Waals surface area contributed by atoms with Gasteiger partial charge in [-0.25, -0.2) is 18.0 Å². The fourth-order valence-corrected chi connectivity index (χ4v) is 4.27. The zero-order valence-electron chi connectivity index (χ0n) is 11.1. The lowest BCUT2D eigenvalue weighted by molar-refractivity contribution is -0.141. The number of hydrogen-bond acceptors (Lipinski definition) is 5. The van der Waals surface area contributed by atoms with Gasteiger partial charge < -0.3 is 20.1 Å². The van der Waals surface area contributed by atoms with Crippen molar-refractivity contribution >= 4 is 21.8 Å². The highest BCUT2D eigenvalue weighted by atomic mass is 32.2. The van der Waals surface area contributed by atoms with Crippen LogP contribution in [0, 0.1) is 0 Å². The number of hydrogen-bond donors (Lipinski definition) is 2. The van der Waals surface area contributed by atoms with Gasteiger partial charge in [-0.3, -0.25) is 0 Å². The molecule has 0 aromatic rings. The average Bonchev–Trinajstić information content (AvgIpc) is 2.92. The van der Waals surface area contributed by atoms with Crippen LogP contribution in [0.2, 0.25) is 0 Å². The summed E-state index contributed by atoms with van der Waals surface area (Å²) in [7, 11) is -1.62. The fraction of sp³-hybridized carbons (Fsp3) is 0.818. The highest BCUT2D eigenvalue weighted by Gasteiger charge is 2.41. The Hall–Kier alpha value is -1.35. The number of methoxy groups -OCH3 is 1. The maximum Gasteiger partial charge on any atom is 0.326 e. The Morgan fingerprint density at radius 2 is 2.10 bits per heavy atom. The molecule has 0 aromatic carbocycles. The molecular weight excluding hydrogens is 288 g/mol. The van der Waals surface area contributed by atoms with Crippen molar-refractivity contribution in [2.24, 2.45) is 0 Å². The quantitative estimate of drug-likeness (QED) is 0.695. The molecule has 0 spiro atoms. The molecule has 9 heteroatoms. The molecule has 2 fully saturated rings. The summed E-state index contributed by atoms with van der Waals surface area (Å²) in [6.07, 6.45) is 0.296. The molecule has 2 rings (SSSR count). The third kappa shape index (κ3) is 3.21. The molecule has 3 unspecified atom stereocenters. The summed E-state index contributed by atoms with van der Waals surface area (Å²) in [6, 6.07) is -1.92.